The summed E-state index contributed by atoms with van der Waals surface area (Å²) in [5.74, 6) is 0.376. The number of hydrogen-bond acceptors (Lipinski definition) is 4. The zero-order chi connectivity index (χ0) is 15.1. The molecule has 0 bridgehead atoms. The number of hydrogen-bond donors (Lipinski definition) is 3. The van der Waals surface area contributed by atoms with Crippen molar-refractivity contribution in [3.63, 3.8) is 0 Å². The van der Waals surface area contributed by atoms with Crippen molar-refractivity contribution in [3.8, 4) is 0 Å². The van der Waals surface area contributed by atoms with Gasteiger partial charge in [-0.3, -0.25) is 4.79 Å². The molecule has 0 saturated heterocycles. The summed E-state index contributed by atoms with van der Waals surface area (Å²) in [4.78, 5) is 18.6. The van der Waals surface area contributed by atoms with E-state index in [1.54, 1.807) is 30.6 Å². The summed E-state index contributed by atoms with van der Waals surface area (Å²) >= 11 is 0. The van der Waals surface area contributed by atoms with Crippen molar-refractivity contribution in [2.75, 3.05) is 13.1 Å². The number of carbonyl (C=O) groups is 1. The third-order valence-electron chi connectivity index (χ3n) is 2.72. The molecule has 0 spiro atoms. The molecule has 0 aliphatic rings. The van der Waals surface area contributed by atoms with E-state index in [1.807, 2.05) is 0 Å². The molecule has 7 nitrogen and oxygen atoms in total. The topological polar surface area (TPSA) is 104 Å². The van der Waals surface area contributed by atoms with Crippen molar-refractivity contribution in [1.82, 2.24) is 20.0 Å². The van der Waals surface area contributed by atoms with Crippen LogP contribution < -0.4 is 10.0 Å². The number of rotatable bonds is 7. The Morgan fingerprint density at radius 1 is 1.24 bits per heavy atom. The van der Waals surface area contributed by atoms with Gasteiger partial charge in [0, 0.05) is 25.4 Å². The molecule has 3 N–H and O–H groups in total. The van der Waals surface area contributed by atoms with E-state index in [1.165, 1.54) is 12.1 Å². The van der Waals surface area contributed by atoms with Crippen LogP contribution in [0.15, 0.2) is 47.6 Å². The first-order valence-electron chi connectivity index (χ1n) is 6.37. The molecule has 0 saturated carbocycles. The molecule has 1 aromatic heterocycles. The van der Waals surface area contributed by atoms with E-state index >= 15 is 0 Å². The minimum Gasteiger partial charge on any atom is -0.355 e. The second kappa shape index (κ2) is 7.00. The Balaban J connectivity index is 1.76. The Kier molecular flexibility index (Phi) is 5.07. The number of nitrogens with one attached hydrogen (secondary N) is 3. The lowest BCUT2D eigenvalue weighted by Crippen LogP contribution is -2.37. The Morgan fingerprint density at radius 3 is 2.67 bits per heavy atom. The number of imidazole rings is 1. The second-order valence-electron chi connectivity index (χ2n) is 4.27. The highest BCUT2D eigenvalue weighted by atomic mass is 32.2. The maximum Gasteiger partial charge on any atom is 0.241 e. The summed E-state index contributed by atoms with van der Waals surface area (Å²) < 4.78 is 26.0. The third-order valence-corrected chi connectivity index (χ3v) is 4.13. The number of H-pyrrole nitrogens is 1. The Bertz CT molecular complexity index is 669. The minimum atomic E-state index is -3.65. The van der Waals surface area contributed by atoms with Crippen molar-refractivity contribution in [1.29, 1.82) is 0 Å². The van der Waals surface area contributed by atoms with Gasteiger partial charge in [-0.2, -0.15) is 0 Å². The fourth-order valence-electron chi connectivity index (χ4n) is 1.66. The van der Waals surface area contributed by atoms with Crippen LogP contribution in [0, 0.1) is 0 Å². The first-order valence-corrected chi connectivity index (χ1v) is 7.86. The molecule has 0 aliphatic carbocycles. The van der Waals surface area contributed by atoms with Gasteiger partial charge >= 0.3 is 0 Å². The zero-order valence-electron chi connectivity index (χ0n) is 11.2. The number of nitrogens with zero attached hydrogens (tertiary/aromatic N) is 1. The molecule has 2 rings (SSSR count). The summed E-state index contributed by atoms with van der Waals surface area (Å²) in [6.07, 6.45) is 3.89. The molecule has 21 heavy (non-hydrogen) atoms. The fraction of sp³-hybridized carbons (Fsp3) is 0.231. The summed E-state index contributed by atoms with van der Waals surface area (Å²) in [5.41, 5.74) is 0. The monoisotopic (exact) mass is 308 g/mol. The molecule has 2 aromatic rings. The zero-order valence-corrected chi connectivity index (χ0v) is 12.1. The van der Waals surface area contributed by atoms with Crippen LogP contribution in [0.1, 0.15) is 5.82 Å². The standard InChI is InChI=1S/C13H16N4O3S/c18-13(16-7-6-12-14-8-9-15-12)10-17-21(19,20)11-4-2-1-3-5-11/h1-5,8-9,17H,6-7,10H2,(H,14,15)(H,16,18). The number of amides is 1. The van der Waals surface area contributed by atoms with Gasteiger partial charge in [0.2, 0.25) is 15.9 Å². The van der Waals surface area contributed by atoms with Crippen LogP contribution in [-0.4, -0.2) is 37.4 Å². The van der Waals surface area contributed by atoms with Crippen LogP contribution in [0.2, 0.25) is 0 Å². The van der Waals surface area contributed by atoms with Crippen LogP contribution in [0.25, 0.3) is 0 Å². The van der Waals surface area contributed by atoms with E-state index in [0.717, 1.165) is 5.82 Å². The molecule has 1 aromatic carbocycles. The summed E-state index contributed by atoms with van der Waals surface area (Å²) in [5, 5.41) is 2.62. The summed E-state index contributed by atoms with van der Waals surface area (Å²) in [6, 6.07) is 7.91. The predicted octanol–water partition coefficient (Wildman–Crippen LogP) is 0.0469. The van der Waals surface area contributed by atoms with Gasteiger partial charge in [-0.25, -0.2) is 18.1 Å². The third kappa shape index (κ3) is 4.69. The van der Waals surface area contributed by atoms with Crippen LogP contribution in [0.4, 0.5) is 0 Å². The Labute approximate surface area is 122 Å². The highest BCUT2D eigenvalue weighted by Crippen LogP contribution is 2.06. The van der Waals surface area contributed by atoms with Crippen molar-refractivity contribution in [3.05, 3.63) is 48.5 Å². The van der Waals surface area contributed by atoms with Gasteiger partial charge in [-0.1, -0.05) is 18.2 Å². The number of carbonyl (C=O) groups excluding carboxylic acids is 1. The fourth-order valence-corrected chi connectivity index (χ4v) is 2.66. The maximum atomic E-state index is 11.9. The van der Waals surface area contributed by atoms with Crippen LogP contribution >= 0.6 is 0 Å². The minimum absolute atomic E-state index is 0.133. The van der Waals surface area contributed by atoms with Gasteiger partial charge in [0.15, 0.2) is 0 Å². The second-order valence-corrected chi connectivity index (χ2v) is 6.04. The van der Waals surface area contributed by atoms with E-state index < -0.39 is 10.0 Å². The lowest BCUT2D eigenvalue weighted by molar-refractivity contribution is -0.119. The molecule has 112 valence electrons. The van der Waals surface area contributed by atoms with Crippen LogP contribution in [-0.2, 0) is 21.2 Å². The number of benzene rings is 1. The molecule has 0 fully saturated rings. The summed E-state index contributed by atoms with van der Waals surface area (Å²) in [6.45, 7) is 0.0921. The average molecular weight is 308 g/mol. The molecule has 8 heteroatoms. The number of sulfonamides is 1. The summed E-state index contributed by atoms with van der Waals surface area (Å²) in [7, 11) is -3.65. The lowest BCUT2D eigenvalue weighted by Gasteiger charge is -2.07. The number of aromatic nitrogens is 2. The smallest absolute Gasteiger partial charge is 0.241 e. The van der Waals surface area contributed by atoms with Gasteiger partial charge in [0.25, 0.3) is 0 Å². The quantitative estimate of drug-likeness (QED) is 0.672. The van der Waals surface area contributed by atoms with Gasteiger partial charge in [0.1, 0.15) is 5.82 Å². The van der Waals surface area contributed by atoms with E-state index in [0.29, 0.717) is 13.0 Å². The van der Waals surface area contributed by atoms with Gasteiger partial charge < -0.3 is 10.3 Å². The molecular formula is C13H16N4O3S. The molecule has 0 unspecified atom stereocenters. The van der Waals surface area contributed by atoms with Gasteiger partial charge in [-0.15, -0.1) is 0 Å². The van der Waals surface area contributed by atoms with Crippen molar-refractivity contribution in [2.45, 2.75) is 11.3 Å². The first-order chi connectivity index (χ1) is 10.1. The Hall–Kier alpha value is -2.19. The molecular weight excluding hydrogens is 292 g/mol. The Morgan fingerprint density at radius 2 is 2.00 bits per heavy atom. The van der Waals surface area contributed by atoms with E-state index in [4.69, 9.17) is 0 Å². The van der Waals surface area contributed by atoms with E-state index in [9.17, 15) is 13.2 Å². The lowest BCUT2D eigenvalue weighted by atomic mass is 10.4. The highest BCUT2D eigenvalue weighted by Gasteiger charge is 2.14. The molecule has 0 aliphatic heterocycles. The first kappa shape index (κ1) is 15.2. The highest BCUT2D eigenvalue weighted by molar-refractivity contribution is 7.89. The largest absolute Gasteiger partial charge is 0.355 e. The van der Waals surface area contributed by atoms with Crippen molar-refractivity contribution in [2.24, 2.45) is 0 Å². The maximum absolute atomic E-state index is 11.9. The van der Waals surface area contributed by atoms with Crippen molar-refractivity contribution < 1.29 is 13.2 Å². The van der Waals surface area contributed by atoms with Gasteiger partial charge in [-0.05, 0) is 12.1 Å². The van der Waals surface area contributed by atoms with E-state index in [-0.39, 0.29) is 17.3 Å². The average Bonchev–Trinajstić information content (AvgIpc) is 2.99. The molecule has 1 amide bonds. The van der Waals surface area contributed by atoms with Crippen LogP contribution in [0.5, 0.6) is 0 Å². The molecule has 0 radical (unpaired) electrons. The number of aromatic amines is 1. The van der Waals surface area contributed by atoms with E-state index in [2.05, 4.69) is 20.0 Å². The normalized spacial score (nSPS) is 11.2. The molecule has 1 heterocycles. The predicted molar refractivity (Wildman–Crippen MR) is 76.9 cm³/mol. The van der Waals surface area contributed by atoms with Crippen LogP contribution in [0.3, 0.4) is 0 Å². The van der Waals surface area contributed by atoms with Gasteiger partial charge in [0.05, 0.1) is 11.4 Å². The SMILES string of the molecule is O=C(CNS(=O)(=O)c1ccccc1)NCCc1ncc[nH]1. The molecule has 0 atom stereocenters. The van der Waals surface area contributed by atoms with Crippen molar-refractivity contribution >= 4 is 15.9 Å².